The van der Waals surface area contributed by atoms with Crippen LogP contribution in [0.4, 0.5) is 5.69 Å². The lowest BCUT2D eigenvalue weighted by Gasteiger charge is -2.10. The van der Waals surface area contributed by atoms with Crippen molar-refractivity contribution >= 4 is 51.4 Å². The number of anilines is 1. The predicted octanol–water partition coefficient (Wildman–Crippen LogP) is 3.18. The summed E-state index contributed by atoms with van der Waals surface area (Å²) in [6, 6.07) is 14.6. The highest BCUT2D eigenvalue weighted by Crippen LogP contribution is 2.16. The Hall–Kier alpha value is -1.47. The quantitative estimate of drug-likeness (QED) is 0.634. The summed E-state index contributed by atoms with van der Waals surface area (Å²) < 4.78 is 1.01. The topological polar surface area (TPSA) is 55.1 Å². The Bertz CT molecular complexity index is 643. The predicted molar refractivity (Wildman–Crippen MR) is 89.4 cm³/mol. The van der Waals surface area contributed by atoms with E-state index in [0.717, 1.165) is 3.57 Å². The number of rotatable bonds is 3. The van der Waals surface area contributed by atoms with Crippen LogP contribution < -0.4 is 11.1 Å². The fourth-order valence-electron chi connectivity index (χ4n) is 1.63. The van der Waals surface area contributed by atoms with E-state index in [9.17, 15) is 4.79 Å². The second-order valence-electron chi connectivity index (χ2n) is 3.87. The van der Waals surface area contributed by atoms with Crippen LogP contribution in [0.2, 0.25) is 0 Å². The van der Waals surface area contributed by atoms with Crippen LogP contribution in [-0.4, -0.2) is 10.9 Å². The van der Waals surface area contributed by atoms with Crippen LogP contribution in [0.3, 0.4) is 0 Å². The van der Waals surface area contributed by atoms with Crippen LogP contribution in [0, 0.1) is 3.57 Å². The molecule has 1 amide bonds. The first-order valence-electron chi connectivity index (χ1n) is 5.53. The van der Waals surface area contributed by atoms with Crippen molar-refractivity contribution < 1.29 is 4.79 Å². The number of halogens is 1. The van der Waals surface area contributed by atoms with Gasteiger partial charge in [-0.05, 0) is 52.9 Å². The van der Waals surface area contributed by atoms with Gasteiger partial charge in [-0.2, -0.15) is 0 Å². The van der Waals surface area contributed by atoms with Crippen LogP contribution in [0.25, 0.3) is 0 Å². The Morgan fingerprint density at radius 3 is 2.58 bits per heavy atom. The SMILES string of the molecule is NC(=S)c1ccccc1NC(=O)c1cccc(I)c1. The smallest absolute Gasteiger partial charge is 0.255 e. The first-order chi connectivity index (χ1) is 9.08. The summed E-state index contributed by atoms with van der Waals surface area (Å²) in [7, 11) is 0. The average Bonchev–Trinajstić information content (AvgIpc) is 2.39. The molecule has 3 N–H and O–H groups in total. The van der Waals surface area contributed by atoms with Crippen molar-refractivity contribution in [2.75, 3.05) is 5.32 Å². The van der Waals surface area contributed by atoms with Gasteiger partial charge in [0, 0.05) is 14.7 Å². The molecule has 19 heavy (non-hydrogen) atoms. The minimum absolute atomic E-state index is 0.179. The van der Waals surface area contributed by atoms with Crippen molar-refractivity contribution in [1.29, 1.82) is 0 Å². The van der Waals surface area contributed by atoms with Crippen molar-refractivity contribution in [2.45, 2.75) is 0 Å². The van der Waals surface area contributed by atoms with Crippen LogP contribution in [0.1, 0.15) is 15.9 Å². The molecule has 5 heteroatoms. The van der Waals surface area contributed by atoms with Crippen molar-refractivity contribution in [2.24, 2.45) is 5.73 Å². The number of benzene rings is 2. The minimum atomic E-state index is -0.179. The zero-order chi connectivity index (χ0) is 13.8. The summed E-state index contributed by atoms with van der Waals surface area (Å²) in [6.07, 6.45) is 0. The number of carbonyl (C=O) groups excluding carboxylic acids is 1. The number of thiocarbonyl (C=S) groups is 1. The molecule has 0 saturated heterocycles. The number of nitrogens with one attached hydrogen (secondary N) is 1. The highest BCUT2D eigenvalue weighted by Gasteiger charge is 2.10. The fourth-order valence-corrected chi connectivity index (χ4v) is 2.35. The number of carbonyl (C=O) groups is 1. The van der Waals surface area contributed by atoms with Crippen LogP contribution in [-0.2, 0) is 0 Å². The molecule has 0 aromatic heterocycles. The largest absolute Gasteiger partial charge is 0.389 e. The molecule has 2 aromatic rings. The number of hydrogen-bond acceptors (Lipinski definition) is 2. The molecule has 0 radical (unpaired) electrons. The molecule has 0 atom stereocenters. The average molecular weight is 382 g/mol. The van der Waals surface area contributed by atoms with Crippen LogP contribution in [0.5, 0.6) is 0 Å². The normalized spacial score (nSPS) is 9.95. The van der Waals surface area contributed by atoms with Crippen molar-refractivity contribution in [1.82, 2.24) is 0 Å². The number of hydrogen-bond donors (Lipinski definition) is 2. The highest BCUT2D eigenvalue weighted by molar-refractivity contribution is 14.1. The molecular weight excluding hydrogens is 371 g/mol. The molecule has 0 unspecified atom stereocenters. The lowest BCUT2D eigenvalue weighted by molar-refractivity contribution is 0.102. The lowest BCUT2D eigenvalue weighted by Crippen LogP contribution is -2.17. The van der Waals surface area contributed by atoms with E-state index in [1.165, 1.54) is 0 Å². The molecule has 2 aromatic carbocycles. The zero-order valence-electron chi connectivity index (χ0n) is 9.89. The maximum absolute atomic E-state index is 12.1. The molecule has 0 aliphatic heterocycles. The summed E-state index contributed by atoms with van der Waals surface area (Å²) in [6.45, 7) is 0. The van der Waals surface area contributed by atoms with Crippen molar-refractivity contribution in [3.8, 4) is 0 Å². The zero-order valence-corrected chi connectivity index (χ0v) is 12.9. The Balaban J connectivity index is 2.27. The first kappa shape index (κ1) is 14.0. The highest BCUT2D eigenvalue weighted by atomic mass is 127. The standard InChI is InChI=1S/C14H11IN2OS/c15-10-5-3-4-9(8-10)14(18)17-12-7-2-1-6-11(12)13(16)19/h1-8H,(H2,16,19)(H,17,18). The van der Waals surface area contributed by atoms with E-state index in [-0.39, 0.29) is 10.9 Å². The van der Waals surface area contributed by atoms with Gasteiger partial charge in [0.15, 0.2) is 0 Å². The summed E-state index contributed by atoms with van der Waals surface area (Å²) in [5, 5.41) is 2.83. The Labute approximate surface area is 130 Å². The molecule has 0 aliphatic carbocycles. The molecule has 2 rings (SSSR count). The Morgan fingerprint density at radius 2 is 1.89 bits per heavy atom. The maximum atomic E-state index is 12.1. The van der Waals surface area contributed by atoms with E-state index in [1.807, 2.05) is 30.3 Å². The van der Waals surface area contributed by atoms with Crippen LogP contribution in [0.15, 0.2) is 48.5 Å². The molecule has 0 bridgehead atoms. The van der Waals surface area contributed by atoms with Gasteiger partial charge in [-0.1, -0.05) is 30.4 Å². The summed E-state index contributed by atoms with van der Waals surface area (Å²) in [5.41, 5.74) is 7.52. The van der Waals surface area contributed by atoms with E-state index < -0.39 is 0 Å². The molecular formula is C14H11IN2OS. The van der Waals surface area contributed by atoms with Gasteiger partial charge in [0.05, 0.1) is 5.69 Å². The molecule has 0 aliphatic rings. The van der Waals surface area contributed by atoms with E-state index in [0.29, 0.717) is 16.8 Å². The lowest BCUT2D eigenvalue weighted by atomic mass is 10.1. The van der Waals surface area contributed by atoms with Gasteiger partial charge in [0.2, 0.25) is 0 Å². The fraction of sp³-hybridized carbons (Fsp3) is 0. The Morgan fingerprint density at radius 1 is 1.16 bits per heavy atom. The third-order valence-electron chi connectivity index (χ3n) is 2.53. The van der Waals surface area contributed by atoms with Gasteiger partial charge in [-0.3, -0.25) is 4.79 Å². The van der Waals surface area contributed by atoms with Crippen LogP contribution >= 0.6 is 34.8 Å². The minimum Gasteiger partial charge on any atom is -0.389 e. The van der Waals surface area contributed by atoms with Gasteiger partial charge >= 0.3 is 0 Å². The third kappa shape index (κ3) is 3.51. The number of amides is 1. The molecule has 96 valence electrons. The maximum Gasteiger partial charge on any atom is 0.255 e. The van der Waals surface area contributed by atoms with E-state index in [4.69, 9.17) is 18.0 Å². The molecule has 3 nitrogen and oxygen atoms in total. The second-order valence-corrected chi connectivity index (χ2v) is 5.56. The number of nitrogens with two attached hydrogens (primary N) is 1. The van der Waals surface area contributed by atoms with Crippen molar-refractivity contribution in [3.63, 3.8) is 0 Å². The summed E-state index contributed by atoms with van der Waals surface area (Å²) in [5.74, 6) is -0.179. The molecule has 0 spiro atoms. The van der Waals surface area contributed by atoms with Crippen molar-refractivity contribution in [3.05, 3.63) is 63.2 Å². The second kappa shape index (κ2) is 6.12. The monoisotopic (exact) mass is 382 g/mol. The van der Waals surface area contributed by atoms with E-state index in [1.54, 1.807) is 18.2 Å². The summed E-state index contributed by atoms with van der Waals surface area (Å²) >= 11 is 7.13. The third-order valence-corrected chi connectivity index (χ3v) is 3.42. The Kier molecular flexibility index (Phi) is 4.49. The number of para-hydroxylation sites is 1. The van der Waals surface area contributed by atoms with Gasteiger partial charge in [0.25, 0.3) is 5.91 Å². The molecule has 0 heterocycles. The molecule has 0 saturated carbocycles. The van der Waals surface area contributed by atoms with Gasteiger partial charge in [-0.15, -0.1) is 0 Å². The van der Waals surface area contributed by atoms with Gasteiger partial charge in [0.1, 0.15) is 4.99 Å². The first-order valence-corrected chi connectivity index (χ1v) is 7.02. The van der Waals surface area contributed by atoms with Gasteiger partial charge in [-0.25, -0.2) is 0 Å². The van der Waals surface area contributed by atoms with E-state index in [2.05, 4.69) is 27.9 Å². The van der Waals surface area contributed by atoms with Gasteiger partial charge < -0.3 is 11.1 Å². The molecule has 0 fully saturated rings. The van der Waals surface area contributed by atoms with E-state index >= 15 is 0 Å². The summed E-state index contributed by atoms with van der Waals surface area (Å²) in [4.78, 5) is 12.4.